The third-order valence-corrected chi connectivity index (χ3v) is 24.2. The molecule has 18 rings (SSSR count). The van der Waals surface area contributed by atoms with E-state index in [4.69, 9.17) is 0 Å². The molecule has 0 aromatic rings. The van der Waals surface area contributed by atoms with Crippen molar-refractivity contribution >= 4 is 0 Å². The van der Waals surface area contributed by atoms with E-state index in [1.807, 2.05) is 0 Å². The fraction of sp³-hybridized carbons (Fsp3) is 1.00. The number of fused-ring (bicyclic) bond motifs is 17. The molecule has 10 unspecified atom stereocenters. The summed E-state index contributed by atoms with van der Waals surface area (Å²) in [5.74, 6) is 3.01. The molecule has 14 heteroatoms. The highest BCUT2D eigenvalue weighted by Gasteiger charge is 2.40. The largest absolute Gasteiger partial charge is 0.316 e. The summed E-state index contributed by atoms with van der Waals surface area (Å²) in [6.07, 6.45) is 35.0. The van der Waals surface area contributed by atoms with Crippen molar-refractivity contribution in [1.29, 1.82) is 0 Å². The monoisotopic (exact) mass is 1230 g/mol. The average molecular weight is 1230 g/mol. The first kappa shape index (κ1) is 84.5. The van der Waals surface area contributed by atoms with Crippen LogP contribution in [0.2, 0.25) is 0 Å². The van der Waals surface area contributed by atoms with Crippen molar-refractivity contribution < 1.29 is 0 Å². The lowest BCUT2D eigenvalue weighted by Gasteiger charge is -2.43. The van der Waals surface area contributed by atoms with Gasteiger partial charge in [0.15, 0.2) is 0 Å². The standard InChI is InChI=1S/C9H17N.C8H15N.3C7H14N2.2C7H13N.2C6H12N2.9CH4/c1-10-8-4-2-5-9(10)7-3-6-8;1-9-7-3-2-4-8(9)6-5-7;1-9-4-6-2-8-3-7(6)5-9;1-9-4-6-2-3-7(5-9)8-6;1-9-6-2-3-7(9)5-8-4-6;1-8-5-6-2-3-7(8)4-6;1-8-6-2-3-7(8)5-4-6;2*1-8-4-5-2-6(8)3-7-5;;;;;;;;;/h8-9H,2-7H2,1H3;7-8H,2-6H2,1H3;3*6-8H,2-5H2,1H3;2*6-7H,2-5H2,1H3;2*5-7H,2-4H2,1H3;9*1H4/t;;;;;;;2*5-,6-;;;;;;;;;/m.......10........./s1. The van der Waals surface area contributed by atoms with Crippen molar-refractivity contribution in [1.82, 2.24) is 70.7 Å². The molecule has 14 nitrogen and oxygen atoms in total. The number of piperazine rings is 4. The summed E-state index contributed by atoms with van der Waals surface area (Å²) in [5, 5.41) is 17.3. The van der Waals surface area contributed by atoms with Gasteiger partial charge in [-0.2, -0.15) is 0 Å². The van der Waals surface area contributed by atoms with E-state index in [9.17, 15) is 0 Å². The molecule has 16 bridgehead atoms. The highest BCUT2D eigenvalue weighted by Crippen LogP contribution is 2.37. The number of rotatable bonds is 0. The molecule has 0 spiro atoms. The first-order chi connectivity index (χ1) is 37.8. The Labute approximate surface area is 546 Å². The zero-order valence-electron chi connectivity index (χ0n) is 52.1. The maximum absolute atomic E-state index is 3.58. The van der Waals surface area contributed by atoms with Gasteiger partial charge in [0.25, 0.3) is 0 Å². The number of nitrogens with zero attached hydrogens (tertiary/aromatic N) is 9. The smallest absolute Gasteiger partial charge is 0.0233 e. The third kappa shape index (κ3) is 22.8. The van der Waals surface area contributed by atoms with E-state index in [1.165, 1.54) is 239 Å². The zero-order valence-corrected chi connectivity index (χ0v) is 52.1. The summed E-state index contributed by atoms with van der Waals surface area (Å²) in [6.45, 7) is 16.5. The predicted molar refractivity (Wildman–Crippen MR) is 387 cm³/mol. The maximum Gasteiger partial charge on any atom is 0.0233 e. The minimum absolute atomic E-state index is 0. The Morgan fingerprint density at radius 2 is 0.575 bits per heavy atom. The Morgan fingerprint density at radius 1 is 0.253 bits per heavy atom. The van der Waals surface area contributed by atoms with Crippen LogP contribution in [0.25, 0.3) is 0 Å². The molecule has 0 aromatic carbocycles. The molecule has 0 radical (unpaired) electrons. The molecule has 17 heterocycles. The van der Waals surface area contributed by atoms with Gasteiger partial charge in [-0.05, 0) is 229 Å². The lowest BCUT2D eigenvalue weighted by molar-refractivity contribution is 0.0673. The molecule has 17 aliphatic heterocycles. The summed E-state index contributed by atoms with van der Waals surface area (Å²) in [7, 11) is 20.2. The lowest BCUT2D eigenvalue weighted by atomic mass is 9.85. The van der Waals surface area contributed by atoms with E-state index in [0.29, 0.717) is 0 Å². The van der Waals surface area contributed by atoms with E-state index >= 15 is 0 Å². The Bertz CT molecular complexity index is 1570. The summed E-state index contributed by atoms with van der Waals surface area (Å²) in [6, 6.07) is 13.4. The molecule has 5 N–H and O–H groups in total. The van der Waals surface area contributed by atoms with Crippen molar-refractivity contribution in [2.24, 2.45) is 17.8 Å². The summed E-state index contributed by atoms with van der Waals surface area (Å²) < 4.78 is 0. The fourth-order valence-electron chi connectivity index (χ4n) is 18.9. The first-order valence-electron chi connectivity index (χ1n) is 33.8. The maximum atomic E-state index is 3.58. The van der Waals surface area contributed by atoms with Crippen LogP contribution < -0.4 is 26.6 Å². The topological polar surface area (TPSA) is 89.3 Å². The minimum atomic E-state index is 0. The highest BCUT2D eigenvalue weighted by atomic mass is 15.3. The SMILES string of the molecule is C.C.C.C.C.C.C.C.C.CN1C2CCC1CC2.CN1C2CCC1CNC2.CN1C2CCCC1CC2.CN1C2CCCC1CCC2.CN1CC2CCC(C1)N2.CN1CC2CCC1C2.CN1CC2CNCC2C1.CN1C[C@@H]2C[C@H]1CN2.CN1C[C@H]2C[C@@H]1CN2. The van der Waals surface area contributed by atoms with E-state index < -0.39 is 0 Å². The second-order valence-electron chi connectivity index (χ2n) is 29.6. The van der Waals surface area contributed by atoms with Gasteiger partial charge in [-0.25, -0.2) is 0 Å². The first-order valence-corrected chi connectivity index (χ1v) is 33.8. The highest BCUT2D eigenvalue weighted by molar-refractivity contribution is 4.98. The fourth-order valence-corrected chi connectivity index (χ4v) is 18.9. The Kier molecular flexibility index (Phi) is 39.4. The summed E-state index contributed by atoms with van der Waals surface area (Å²) in [4.78, 5) is 22.6. The molecular weight excluding hydrogens is 1070 g/mol. The molecule has 522 valence electrons. The van der Waals surface area contributed by atoms with Crippen LogP contribution in [-0.4, -0.2) is 283 Å². The molecule has 1 saturated carbocycles. The molecule has 17 saturated heterocycles. The quantitative estimate of drug-likeness (QED) is 0.160. The zero-order chi connectivity index (χ0) is 54.3. The minimum Gasteiger partial charge on any atom is -0.316 e. The van der Waals surface area contributed by atoms with Gasteiger partial charge in [0.2, 0.25) is 0 Å². The van der Waals surface area contributed by atoms with Crippen LogP contribution in [0.5, 0.6) is 0 Å². The van der Waals surface area contributed by atoms with Gasteiger partial charge in [-0.3, -0.25) is 4.90 Å². The average Bonchev–Trinajstić information content (AvgIpc) is 3.99. The van der Waals surface area contributed by atoms with Crippen molar-refractivity contribution in [3.05, 3.63) is 0 Å². The number of hydrogen-bond donors (Lipinski definition) is 5. The second kappa shape index (κ2) is 40.6. The Balaban J connectivity index is 0.000000483. The summed E-state index contributed by atoms with van der Waals surface area (Å²) in [5.41, 5.74) is 0. The lowest BCUT2D eigenvalue weighted by Crippen LogP contribution is -2.49. The molecule has 14 atom stereocenters. The number of likely N-dealkylation sites (N-methyl/N-ethyl adjacent to an activating group) is 4. The van der Waals surface area contributed by atoms with Gasteiger partial charge in [0.1, 0.15) is 0 Å². The third-order valence-electron chi connectivity index (χ3n) is 24.2. The van der Waals surface area contributed by atoms with Crippen LogP contribution >= 0.6 is 0 Å². The predicted octanol–water partition coefficient (Wildman–Crippen LogP) is 10.9. The molecular formula is C73H160N14. The normalized spacial score (nSPS) is 39.8. The van der Waals surface area contributed by atoms with Gasteiger partial charge < -0.3 is 65.8 Å². The molecule has 0 amide bonds. The van der Waals surface area contributed by atoms with Crippen LogP contribution in [0.4, 0.5) is 0 Å². The van der Waals surface area contributed by atoms with Crippen molar-refractivity contribution in [3.63, 3.8) is 0 Å². The van der Waals surface area contributed by atoms with Gasteiger partial charge in [-0.1, -0.05) is 86.1 Å². The Morgan fingerprint density at radius 3 is 0.839 bits per heavy atom. The van der Waals surface area contributed by atoms with Crippen LogP contribution in [0, 0.1) is 17.8 Å². The van der Waals surface area contributed by atoms with Crippen molar-refractivity contribution in [3.8, 4) is 0 Å². The van der Waals surface area contributed by atoms with Crippen LogP contribution in [-0.2, 0) is 0 Å². The van der Waals surface area contributed by atoms with Crippen molar-refractivity contribution in [2.45, 2.75) is 312 Å². The van der Waals surface area contributed by atoms with Gasteiger partial charge in [0.05, 0.1) is 0 Å². The summed E-state index contributed by atoms with van der Waals surface area (Å²) >= 11 is 0. The van der Waals surface area contributed by atoms with E-state index in [-0.39, 0.29) is 66.8 Å². The molecule has 18 aliphatic rings. The van der Waals surface area contributed by atoms with E-state index in [2.05, 4.69) is 134 Å². The van der Waals surface area contributed by atoms with E-state index in [1.54, 1.807) is 0 Å². The molecule has 0 aromatic heterocycles. The van der Waals surface area contributed by atoms with Crippen LogP contribution in [0.1, 0.15) is 221 Å². The molecule has 87 heavy (non-hydrogen) atoms. The Hall–Kier alpha value is -0.560. The number of hydrogen-bond acceptors (Lipinski definition) is 14. The second-order valence-corrected chi connectivity index (χ2v) is 29.6. The van der Waals surface area contributed by atoms with Crippen molar-refractivity contribution in [2.75, 3.05) is 149 Å². The van der Waals surface area contributed by atoms with Gasteiger partial charge in [-0.15, -0.1) is 0 Å². The van der Waals surface area contributed by atoms with Crippen LogP contribution in [0.15, 0.2) is 0 Å². The van der Waals surface area contributed by atoms with Gasteiger partial charge >= 0.3 is 0 Å². The van der Waals surface area contributed by atoms with E-state index in [0.717, 1.165) is 108 Å². The molecule has 18 fully saturated rings. The van der Waals surface area contributed by atoms with Crippen LogP contribution in [0.3, 0.4) is 0 Å². The number of piperidine rings is 4. The number of likely N-dealkylation sites (tertiary alicyclic amines) is 5. The number of nitrogens with one attached hydrogen (secondary N) is 5. The van der Waals surface area contributed by atoms with Gasteiger partial charge in [0, 0.05) is 163 Å². The molecule has 1 aliphatic carbocycles.